The highest BCUT2D eigenvalue weighted by molar-refractivity contribution is 6.34. The number of halogens is 2. The number of nitrogens with zero attached hydrogens (tertiary/aromatic N) is 1. The first-order chi connectivity index (χ1) is 8.16. The van der Waals surface area contributed by atoms with Crippen LogP contribution < -0.4 is 5.32 Å². The Hall–Kier alpha value is -1.25. The molecule has 0 spiro atoms. The Labute approximate surface area is 111 Å². The predicted molar refractivity (Wildman–Crippen MR) is 72.8 cm³/mol. The van der Waals surface area contributed by atoms with E-state index in [-0.39, 0.29) is 0 Å². The third-order valence-electron chi connectivity index (χ3n) is 2.45. The van der Waals surface area contributed by atoms with Gasteiger partial charge in [-0.3, -0.25) is 0 Å². The van der Waals surface area contributed by atoms with Gasteiger partial charge in [-0.25, -0.2) is 4.98 Å². The average molecular weight is 267 g/mol. The predicted octanol–water partition coefficient (Wildman–Crippen LogP) is 4.31. The van der Waals surface area contributed by atoms with Crippen LogP contribution in [0.5, 0.6) is 0 Å². The van der Waals surface area contributed by atoms with E-state index in [4.69, 9.17) is 23.2 Å². The van der Waals surface area contributed by atoms with E-state index in [0.29, 0.717) is 16.9 Å². The topological polar surface area (TPSA) is 24.9 Å². The zero-order valence-electron chi connectivity index (χ0n) is 9.37. The molecule has 0 amide bonds. The van der Waals surface area contributed by atoms with Crippen LogP contribution in [0.2, 0.25) is 10.3 Å². The van der Waals surface area contributed by atoms with Gasteiger partial charge in [0.1, 0.15) is 5.15 Å². The van der Waals surface area contributed by atoms with E-state index in [2.05, 4.69) is 22.4 Å². The van der Waals surface area contributed by atoms with Gasteiger partial charge < -0.3 is 5.32 Å². The van der Waals surface area contributed by atoms with Crippen molar-refractivity contribution in [2.75, 3.05) is 5.32 Å². The fourth-order valence-electron chi connectivity index (χ4n) is 1.59. The van der Waals surface area contributed by atoms with Crippen molar-refractivity contribution in [3.63, 3.8) is 0 Å². The number of benzene rings is 1. The van der Waals surface area contributed by atoms with Gasteiger partial charge in [0.05, 0.1) is 5.69 Å². The second-order valence-corrected chi connectivity index (χ2v) is 4.51. The number of rotatable bonds is 3. The number of nitrogens with one attached hydrogen (secondary N) is 1. The van der Waals surface area contributed by atoms with Crippen LogP contribution in [-0.4, -0.2) is 4.98 Å². The van der Waals surface area contributed by atoms with E-state index in [1.54, 1.807) is 6.07 Å². The molecular weight excluding hydrogens is 255 g/mol. The zero-order chi connectivity index (χ0) is 12.3. The first kappa shape index (κ1) is 12.2. The smallest absolute Gasteiger partial charge is 0.154 e. The summed E-state index contributed by atoms with van der Waals surface area (Å²) in [6.45, 7) is 2.66. The molecule has 4 heteroatoms. The van der Waals surface area contributed by atoms with Gasteiger partial charge in [0.15, 0.2) is 5.15 Å². The maximum absolute atomic E-state index is 6.04. The third-order valence-corrected chi connectivity index (χ3v) is 2.92. The first-order valence-corrected chi connectivity index (χ1v) is 6.03. The van der Waals surface area contributed by atoms with Crippen molar-refractivity contribution in [2.24, 2.45) is 0 Å². The second kappa shape index (κ2) is 5.39. The second-order valence-electron chi connectivity index (χ2n) is 3.77. The van der Waals surface area contributed by atoms with Crippen LogP contribution in [0, 0.1) is 6.92 Å². The lowest BCUT2D eigenvalue weighted by molar-refractivity contribution is 1.12. The minimum atomic E-state index is 0.408. The average Bonchev–Trinajstić information content (AvgIpc) is 2.29. The molecule has 0 aliphatic heterocycles. The van der Waals surface area contributed by atoms with Crippen molar-refractivity contribution in [3.05, 3.63) is 57.8 Å². The molecule has 0 bridgehead atoms. The Kier molecular flexibility index (Phi) is 3.87. The van der Waals surface area contributed by atoms with Crippen molar-refractivity contribution < 1.29 is 0 Å². The van der Waals surface area contributed by atoms with Crippen LogP contribution in [0.25, 0.3) is 0 Å². The summed E-state index contributed by atoms with van der Waals surface area (Å²) >= 11 is 11.9. The van der Waals surface area contributed by atoms with Crippen molar-refractivity contribution in [1.29, 1.82) is 0 Å². The number of anilines is 1. The van der Waals surface area contributed by atoms with Crippen LogP contribution >= 0.6 is 23.2 Å². The van der Waals surface area contributed by atoms with E-state index in [0.717, 1.165) is 11.3 Å². The molecule has 2 rings (SSSR count). The monoisotopic (exact) mass is 266 g/mol. The molecule has 0 unspecified atom stereocenters. The highest BCUT2D eigenvalue weighted by atomic mass is 35.5. The molecule has 17 heavy (non-hydrogen) atoms. The lowest BCUT2D eigenvalue weighted by Crippen LogP contribution is -2.02. The van der Waals surface area contributed by atoms with Crippen molar-refractivity contribution >= 4 is 28.9 Å². The highest BCUT2D eigenvalue weighted by Gasteiger charge is 2.06. The van der Waals surface area contributed by atoms with E-state index >= 15 is 0 Å². The SMILES string of the molecule is Cc1cc(Cl)nc(Cl)c1NCc1ccccc1. The molecule has 1 aromatic heterocycles. The number of aryl methyl sites for hydroxylation is 1. The number of hydrogen-bond acceptors (Lipinski definition) is 2. The lowest BCUT2D eigenvalue weighted by Gasteiger charge is -2.11. The lowest BCUT2D eigenvalue weighted by atomic mass is 10.2. The first-order valence-electron chi connectivity index (χ1n) is 5.27. The zero-order valence-corrected chi connectivity index (χ0v) is 10.9. The minimum absolute atomic E-state index is 0.408. The molecule has 0 saturated heterocycles. The maximum Gasteiger partial charge on any atom is 0.154 e. The Morgan fingerprint density at radius 2 is 1.88 bits per heavy atom. The summed E-state index contributed by atoms with van der Waals surface area (Å²) in [5.74, 6) is 0. The largest absolute Gasteiger partial charge is 0.378 e. The van der Waals surface area contributed by atoms with Gasteiger partial charge in [-0.15, -0.1) is 0 Å². The molecule has 0 radical (unpaired) electrons. The van der Waals surface area contributed by atoms with Crippen molar-refractivity contribution in [1.82, 2.24) is 4.98 Å². The number of pyridine rings is 1. The summed E-state index contributed by atoms with van der Waals surface area (Å²) in [7, 11) is 0. The van der Waals surface area contributed by atoms with Crippen LogP contribution in [0.4, 0.5) is 5.69 Å². The molecule has 2 aromatic rings. The molecule has 0 aliphatic rings. The molecular formula is C13H12Cl2N2. The van der Waals surface area contributed by atoms with Gasteiger partial charge >= 0.3 is 0 Å². The van der Waals surface area contributed by atoms with Crippen LogP contribution in [0.3, 0.4) is 0 Å². The number of aromatic nitrogens is 1. The molecule has 1 N–H and O–H groups in total. The molecule has 1 aromatic carbocycles. The Morgan fingerprint density at radius 3 is 2.53 bits per heavy atom. The van der Waals surface area contributed by atoms with E-state index in [1.165, 1.54) is 5.56 Å². The summed E-state index contributed by atoms with van der Waals surface area (Å²) in [6, 6.07) is 11.9. The van der Waals surface area contributed by atoms with Crippen LogP contribution in [0.15, 0.2) is 36.4 Å². The molecule has 0 fully saturated rings. The Morgan fingerprint density at radius 1 is 1.18 bits per heavy atom. The maximum atomic E-state index is 6.04. The minimum Gasteiger partial charge on any atom is -0.378 e. The summed E-state index contributed by atoms with van der Waals surface area (Å²) < 4.78 is 0. The van der Waals surface area contributed by atoms with E-state index in [1.807, 2.05) is 25.1 Å². The molecule has 88 valence electrons. The summed E-state index contributed by atoms with van der Waals surface area (Å²) in [6.07, 6.45) is 0. The van der Waals surface area contributed by atoms with Crippen molar-refractivity contribution in [3.8, 4) is 0 Å². The number of hydrogen-bond donors (Lipinski definition) is 1. The van der Waals surface area contributed by atoms with Gasteiger partial charge in [-0.05, 0) is 24.1 Å². The van der Waals surface area contributed by atoms with Gasteiger partial charge in [-0.1, -0.05) is 53.5 Å². The quantitative estimate of drug-likeness (QED) is 0.838. The van der Waals surface area contributed by atoms with Crippen LogP contribution in [-0.2, 0) is 6.54 Å². The Balaban J connectivity index is 2.15. The standard InChI is InChI=1S/C13H12Cl2N2/c1-9-7-11(14)17-13(15)12(9)16-8-10-5-3-2-4-6-10/h2-7,16H,8H2,1H3. The molecule has 1 heterocycles. The molecule has 0 saturated carbocycles. The summed E-state index contributed by atoms with van der Waals surface area (Å²) in [5.41, 5.74) is 3.02. The Bertz CT molecular complexity index is 489. The molecule has 0 aliphatic carbocycles. The van der Waals surface area contributed by atoms with Gasteiger partial charge in [0.2, 0.25) is 0 Å². The van der Waals surface area contributed by atoms with Crippen LogP contribution in [0.1, 0.15) is 11.1 Å². The summed E-state index contributed by atoms with van der Waals surface area (Å²) in [5, 5.41) is 4.09. The fraction of sp³-hybridized carbons (Fsp3) is 0.154. The van der Waals surface area contributed by atoms with Gasteiger partial charge in [-0.2, -0.15) is 0 Å². The van der Waals surface area contributed by atoms with Gasteiger partial charge in [0, 0.05) is 6.54 Å². The fourth-order valence-corrected chi connectivity index (χ4v) is 2.19. The normalized spacial score (nSPS) is 10.3. The highest BCUT2D eigenvalue weighted by Crippen LogP contribution is 2.26. The van der Waals surface area contributed by atoms with E-state index < -0.39 is 0 Å². The van der Waals surface area contributed by atoms with Gasteiger partial charge in [0.25, 0.3) is 0 Å². The van der Waals surface area contributed by atoms with E-state index in [9.17, 15) is 0 Å². The van der Waals surface area contributed by atoms with Crippen molar-refractivity contribution in [2.45, 2.75) is 13.5 Å². The summed E-state index contributed by atoms with van der Waals surface area (Å²) in [4.78, 5) is 4.02. The molecule has 2 nitrogen and oxygen atoms in total. The third kappa shape index (κ3) is 3.11. The molecule has 0 atom stereocenters.